The number of rotatable bonds is 6. The quantitative estimate of drug-likeness (QED) is 0.817. The Hall–Kier alpha value is -1.17. The van der Waals surface area contributed by atoms with E-state index in [4.69, 9.17) is 11.6 Å². The molecule has 0 spiro atoms. The average molecular weight is 358 g/mol. The Kier molecular flexibility index (Phi) is 6.23. The smallest absolute Gasteiger partial charge is 0.313 e. The number of benzene rings is 1. The van der Waals surface area contributed by atoms with Crippen LogP contribution in [0.5, 0.6) is 0 Å². The number of piperidine rings is 1. The molecule has 0 aromatic heterocycles. The van der Waals surface area contributed by atoms with Crippen LogP contribution in [0.15, 0.2) is 18.2 Å². The number of carbonyl (C=O) groups is 1. The maximum absolute atomic E-state index is 13.6. The number of carboxylic acid groups (broad SMARTS) is 1. The van der Waals surface area contributed by atoms with Gasteiger partial charge in [0.15, 0.2) is 0 Å². The van der Waals surface area contributed by atoms with Crippen LogP contribution in [0.3, 0.4) is 0 Å². The largest absolute Gasteiger partial charge is 0.481 e. The maximum atomic E-state index is 13.6. The van der Waals surface area contributed by atoms with E-state index >= 15 is 0 Å². The number of hydrogen-bond acceptors (Lipinski definition) is 3. The summed E-state index contributed by atoms with van der Waals surface area (Å²) in [5.74, 6) is -1.08. The van der Waals surface area contributed by atoms with Gasteiger partial charge in [-0.05, 0) is 36.8 Å². The van der Waals surface area contributed by atoms with Crippen LogP contribution in [-0.2, 0) is 11.3 Å². The van der Waals surface area contributed by atoms with Crippen molar-refractivity contribution in [3.05, 3.63) is 34.6 Å². The SMILES string of the molecule is CC(C)CC[C@@]1(C(=O)O)CN(Cc2cccc(F)c2Cl)CC[C@H]1O. The van der Waals surface area contributed by atoms with Crippen LogP contribution in [0.1, 0.15) is 38.7 Å². The molecule has 2 atom stereocenters. The Morgan fingerprint density at radius 1 is 1.50 bits per heavy atom. The molecule has 134 valence electrons. The predicted molar refractivity (Wildman–Crippen MR) is 91.5 cm³/mol. The Balaban J connectivity index is 2.18. The first-order chi connectivity index (χ1) is 11.3. The molecule has 6 heteroatoms. The van der Waals surface area contributed by atoms with Crippen LogP contribution in [0.2, 0.25) is 5.02 Å². The molecule has 2 rings (SSSR count). The van der Waals surface area contributed by atoms with Crippen LogP contribution in [-0.4, -0.2) is 40.3 Å². The molecule has 1 fully saturated rings. The van der Waals surface area contributed by atoms with Gasteiger partial charge in [0.1, 0.15) is 11.2 Å². The average Bonchev–Trinajstić information content (AvgIpc) is 2.52. The van der Waals surface area contributed by atoms with Gasteiger partial charge >= 0.3 is 5.97 Å². The minimum atomic E-state index is -1.18. The number of aliphatic hydroxyl groups excluding tert-OH is 1. The topological polar surface area (TPSA) is 60.8 Å². The van der Waals surface area contributed by atoms with Crippen LogP contribution < -0.4 is 0 Å². The fourth-order valence-electron chi connectivity index (χ4n) is 3.32. The lowest BCUT2D eigenvalue weighted by molar-refractivity contribution is -0.165. The van der Waals surface area contributed by atoms with E-state index in [2.05, 4.69) is 0 Å². The number of likely N-dealkylation sites (tertiary alicyclic amines) is 1. The maximum Gasteiger partial charge on any atom is 0.313 e. The molecular weight excluding hydrogens is 333 g/mol. The summed E-state index contributed by atoms with van der Waals surface area (Å²) in [7, 11) is 0. The number of nitrogens with zero attached hydrogens (tertiary/aromatic N) is 1. The van der Waals surface area contributed by atoms with E-state index in [1.807, 2.05) is 18.7 Å². The molecule has 0 radical (unpaired) electrons. The molecular formula is C18H25ClFNO3. The van der Waals surface area contributed by atoms with E-state index < -0.39 is 23.3 Å². The molecule has 1 saturated heterocycles. The molecule has 0 saturated carbocycles. The molecule has 0 amide bonds. The van der Waals surface area contributed by atoms with Crippen molar-refractivity contribution in [2.24, 2.45) is 11.3 Å². The molecule has 1 aromatic carbocycles. The molecule has 1 aliphatic rings. The summed E-state index contributed by atoms with van der Waals surface area (Å²) in [5.41, 5.74) is -0.543. The third-order valence-corrected chi connectivity index (χ3v) is 5.30. The zero-order valence-corrected chi connectivity index (χ0v) is 14.9. The standard InChI is InChI=1S/C18H25ClFNO3/c1-12(2)6-8-18(17(23)24)11-21(9-7-15(18)22)10-13-4-3-5-14(20)16(13)19/h3-5,12,15,22H,6-11H2,1-2H3,(H,23,24)/t15-,18-/m1/s1. The lowest BCUT2D eigenvalue weighted by atomic mass is 9.72. The minimum absolute atomic E-state index is 0.0757. The molecule has 0 aliphatic carbocycles. The molecule has 0 unspecified atom stereocenters. The minimum Gasteiger partial charge on any atom is -0.481 e. The van der Waals surface area contributed by atoms with Gasteiger partial charge in [0.25, 0.3) is 0 Å². The zero-order chi connectivity index (χ0) is 17.9. The summed E-state index contributed by atoms with van der Waals surface area (Å²) in [4.78, 5) is 13.9. The van der Waals surface area contributed by atoms with Gasteiger partial charge in [-0.2, -0.15) is 0 Å². The van der Waals surface area contributed by atoms with Crippen molar-refractivity contribution in [2.45, 2.75) is 45.8 Å². The Morgan fingerprint density at radius 2 is 2.21 bits per heavy atom. The molecule has 1 aliphatic heterocycles. The van der Waals surface area contributed by atoms with Gasteiger partial charge in [-0.3, -0.25) is 9.69 Å². The van der Waals surface area contributed by atoms with Crippen molar-refractivity contribution in [3.63, 3.8) is 0 Å². The molecule has 24 heavy (non-hydrogen) atoms. The van der Waals surface area contributed by atoms with Crippen LogP contribution in [0.25, 0.3) is 0 Å². The first kappa shape index (κ1) is 19.2. The van der Waals surface area contributed by atoms with Gasteiger partial charge in [0.2, 0.25) is 0 Å². The van der Waals surface area contributed by atoms with Crippen LogP contribution in [0, 0.1) is 17.2 Å². The van der Waals surface area contributed by atoms with E-state index in [1.54, 1.807) is 12.1 Å². The number of halogens is 2. The van der Waals surface area contributed by atoms with Crippen molar-refractivity contribution < 1.29 is 19.4 Å². The number of aliphatic carboxylic acids is 1. The van der Waals surface area contributed by atoms with E-state index in [0.29, 0.717) is 37.4 Å². The number of hydrogen-bond donors (Lipinski definition) is 2. The zero-order valence-electron chi connectivity index (χ0n) is 14.1. The Labute approximate surface area is 147 Å². The van der Waals surface area contributed by atoms with Crippen molar-refractivity contribution >= 4 is 17.6 Å². The highest BCUT2D eigenvalue weighted by Crippen LogP contribution is 2.37. The summed E-state index contributed by atoms with van der Waals surface area (Å²) in [6.45, 7) is 5.25. The number of aliphatic hydroxyl groups is 1. The van der Waals surface area contributed by atoms with Gasteiger partial charge in [-0.25, -0.2) is 4.39 Å². The van der Waals surface area contributed by atoms with Gasteiger partial charge in [0.05, 0.1) is 11.1 Å². The molecule has 0 bridgehead atoms. The summed E-state index contributed by atoms with van der Waals surface area (Å²) in [6, 6.07) is 4.64. The fraction of sp³-hybridized carbons (Fsp3) is 0.611. The van der Waals surface area contributed by atoms with E-state index in [9.17, 15) is 19.4 Å². The van der Waals surface area contributed by atoms with Crippen molar-refractivity contribution in [3.8, 4) is 0 Å². The number of carboxylic acids is 1. The van der Waals surface area contributed by atoms with Gasteiger partial charge < -0.3 is 10.2 Å². The first-order valence-corrected chi connectivity index (χ1v) is 8.71. The molecule has 4 nitrogen and oxygen atoms in total. The third-order valence-electron chi connectivity index (χ3n) is 4.88. The monoisotopic (exact) mass is 357 g/mol. The predicted octanol–water partition coefficient (Wildman–Crippen LogP) is 3.55. The van der Waals surface area contributed by atoms with Crippen molar-refractivity contribution in [1.82, 2.24) is 4.90 Å². The van der Waals surface area contributed by atoms with E-state index in [1.165, 1.54) is 6.07 Å². The Bertz CT molecular complexity index is 596. The van der Waals surface area contributed by atoms with Crippen LogP contribution in [0.4, 0.5) is 4.39 Å². The molecule has 2 N–H and O–H groups in total. The lowest BCUT2D eigenvalue weighted by Gasteiger charge is -2.43. The van der Waals surface area contributed by atoms with Gasteiger partial charge in [0, 0.05) is 19.6 Å². The third kappa shape index (κ3) is 4.08. The normalized spacial score (nSPS) is 25.2. The second kappa shape index (κ2) is 7.81. The summed E-state index contributed by atoms with van der Waals surface area (Å²) >= 11 is 6.01. The van der Waals surface area contributed by atoms with E-state index in [-0.39, 0.29) is 11.6 Å². The van der Waals surface area contributed by atoms with Crippen LogP contribution >= 0.6 is 11.6 Å². The van der Waals surface area contributed by atoms with Crippen molar-refractivity contribution in [2.75, 3.05) is 13.1 Å². The van der Waals surface area contributed by atoms with E-state index in [0.717, 1.165) is 6.42 Å². The molecule has 1 heterocycles. The highest BCUT2D eigenvalue weighted by molar-refractivity contribution is 6.31. The Morgan fingerprint density at radius 3 is 2.83 bits per heavy atom. The second-order valence-corrected chi connectivity index (χ2v) is 7.50. The first-order valence-electron chi connectivity index (χ1n) is 8.33. The molecule has 1 aromatic rings. The summed E-state index contributed by atoms with van der Waals surface area (Å²) in [6.07, 6.45) is 0.678. The van der Waals surface area contributed by atoms with Gasteiger partial charge in [-0.1, -0.05) is 37.6 Å². The highest BCUT2D eigenvalue weighted by Gasteiger charge is 2.48. The summed E-state index contributed by atoms with van der Waals surface area (Å²) < 4.78 is 13.6. The lowest BCUT2D eigenvalue weighted by Crippen LogP contribution is -2.55. The van der Waals surface area contributed by atoms with Crippen molar-refractivity contribution in [1.29, 1.82) is 0 Å². The highest BCUT2D eigenvalue weighted by atomic mass is 35.5. The van der Waals surface area contributed by atoms with Gasteiger partial charge in [-0.15, -0.1) is 0 Å². The summed E-state index contributed by atoms with van der Waals surface area (Å²) in [5, 5.41) is 20.2. The second-order valence-electron chi connectivity index (χ2n) is 7.12. The fourth-order valence-corrected chi connectivity index (χ4v) is 3.51.